The molecule has 7 nitrogen and oxygen atoms in total. The van der Waals surface area contributed by atoms with Crippen LogP contribution in [-0.4, -0.2) is 76.2 Å². The van der Waals surface area contributed by atoms with Crippen LogP contribution in [0.2, 0.25) is 0 Å². The van der Waals surface area contributed by atoms with Gasteiger partial charge < -0.3 is 14.9 Å². The molecule has 0 aliphatic carbocycles. The highest BCUT2D eigenvalue weighted by Crippen LogP contribution is 2.42. The summed E-state index contributed by atoms with van der Waals surface area (Å²) in [6.45, 7) is 5.51. The first-order chi connectivity index (χ1) is 14.0. The van der Waals surface area contributed by atoms with E-state index in [0.717, 1.165) is 65.0 Å². The minimum Gasteiger partial charge on any atom is -0.481 e. The number of aliphatic carboxylic acids is 1. The summed E-state index contributed by atoms with van der Waals surface area (Å²) in [5.41, 5.74) is 1.60. The number of amides is 1. The number of carboxylic acid groups (broad SMARTS) is 1. The van der Waals surface area contributed by atoms with Crippen LogP contribution in [-0.2, 0) is 9.59 Å². The molecule has 0 unspecified atom stereocenters. The zero-order valence-corrected chi connectivity index (χ0v) is 17.6. The average Bonchev–Trinajstić information content (AvgIpc) is 3.17. The third-order valence-electron chi connectivity index (χ3n) is 6.78. The van der Waals surface area contributed by atoms with Crippen molar-refractivity contribution in [3.8, 4) is 0 Å². The Bertz CT molecular complexity index is 716. The first-order valence-corrected chi connectivity index (χ1v) is 11.5. The molecule has 0 radical (unpaired) electrons. The molecular formula is C21H30N4O3S. The molecule has 8 heteroatoms. The van der Waals surface area contributed by atoms with Gasteiger partial charge in [0.15, 0.2) is 0 Å². The number of anilines is 1. The Balaban J connectivity index is 1.24. The maximum Gasteiger partial charge on any atom is 0.314 e. The molecule has 3 saturated heterocycles. The second-order valence-corrected chi connectivity index (χ2v) is 9.64. The van der Waals surface area contributed by atoms with E-state index in [1.807, 2.05) is 12.4 Å². The predicted molar refractivity (Wildman–Crippen MR) is 114 cm³/mol. The van der Waals surface area contributed by atoms with Crippen molar-refractivity contribution in [2.75, 3.05) is 49.9 Å². The summed E-state index contributed by atoms with van der Waals surface area (Å²) in [6, 6.07) is 4.16. The number of pyridine rings is 1. The Labute approximate surface area is 176 Å². The summed E-state index contributed by atoms with van der Waals surface area (Å²) in [5.74, 6) is -0.275. The summed E-state index contributed by atoms with van der Waals surface area (Å²) < 4.78 is 2.09. The SMILES string of the molecule is O=C(O)CSN1CCC(C(=O)N2CCC3(CC2)CCN(c2ccncc2)C3)CC1. The molecule has 1 spiro atoms. The lowest BCUT2D eigenvalue weighted by molar-refractivity contribution is -0.139. The van der Waals surface area contributed by atoms with Gasteiger partial charge in [-0.05, 0) is 49.7 Å². The minimum atomic E-state index is -0.787. The van der Waals surface area contributed by atoms with E-state index in [9.17, 15) is 9.59 Å². The zero-order chi connectivity index (χ0) is 20.3. The molecule has 3 aliphatic rings. The molecule has 0 bridgehead atoms. The molecule has 29 heavy (non-hydrogen) atoms. The van der Waals surface area contributed by atoms with E-state index in [1.54, 1.807) is 0 Å². The molecule has 4 rings (SSSR count). The van der Waals surface area contributed by atoms with Crippen LogP contribution in [0.25, 0.3) is 0 Å². The van der Waals surface area contributed by atoms with Gasteiger partial charge in [-0.3, -0.25) is 18.9 Å². The Hall–Kier alpha value is -1.80. The monoisotopic (exact) mass is 418 g/mol. The fourth-order valence-corrected chi connectivity index (χ4v) is 5.72. The van der Waals surface area contributed by atoms with Gasteiger partial charge in [-0.2, -0.15) is 0 Å². The van der Waals surface area contributed by atoms with Gasteiger partial charge in [-0.25, -0.2) is 0 Å². The fraction of sp³-hybridized carbons (Fsp3) is 0.667. The van der Waals surface area contributed by atoms with Gasteiger partial charge in [0.05, 0.1) is 0 Å². The van der Waals surface area contributed by atoms with E-state index in [0.29, 0.717) is 11.3 Å². The maximum atomic E-state index is 13.0. The van der Waals surface area contributed by atoms with Crippen molar-refractivity contribution in [2.45, 2.75) is 32.1 Å². The van der Waals surface area contributed by atoms with Crippen molar-refractivity contribution in [1.82, 2.24) is 14.2 Å². The van der Waals surface area contributed by atoms with Crippen molar-refractivity contribution in [3.05, 3.63) is 24.5 Å². The number of rotatable bonds is 5. The van der Waals surface area contributed by atoms with Crippen molar-refractivity contribution in [3.63, 3.8) is 0 Å². The van der Waals surface area contributed by atoms with Crippen LogP contribution in [0.3, 0.4) is 0 Å². The van der Waals surface area contributed by atoms with Crippen molar-refractivity contribution in [2.24, 2.45) is 11.3 Å². The van der Waals surface area contributed by atoms with E-state index in [2.05, 4.69) is 31.2 Å². The Morgan fingerprint density at radius 2 is 1.72 bits per heavy atom. The van der Waals surface area contributed by atoms with Crippen LogP contribution < -0.4 is 4.90 Å². The second-order valence-electron chi connectivity index (χ2n) is 8.57. The largest absolute Gasteiger partial charge is 0.481 e. The van der Waals surface area contributed by atoms with Gasteiger partial charge in [0.1, 0.15) is 5.75 Å². The molecule has 1 aromatic heterocycles. The summed E-state index contributed by atoms with van der Waals surface area (Å²) in [4.78, 5) is 32.4. The summed E-state index contributed by atoms with van der Waals surface area (Å²) >= 11 is 1.37. The van der Waals surface area contributed by atoms with Crippen LogP contribution >= 0.6 is 11.9 Å². The predicted octanol–water partition coefficient (Wildman–Crippen LogP) is 2.35. The van der Waals surface area contributed by atoms with Gasteiger partial charge in [0.2, 0.25) is 5.91 Å². The van der Waals surface area contributed by atoms with E-state index < -0.39 is 5.97 Å². The van der Waals surface area contributed by atoms with E-state index in [-0.39, 0.29) is 11.7 Å². The Kier molecular flexibility index (Phi) is 6.29. The number of carboxylic acids is 1. The number of piperidine rings is 2. The summed E-state index contributed by atoms with van der Waals surface area (Å²) in [6.07, 6.45) is 8.77. The minimum absolute atomic E-state index is 0.0997. The summed E-state index contributed by atoms with van der Waals surface area (Å²) in [7, 11) is 0. The average molecular weight is 419 g/mol. The Morgan fingerprint density at radius 3 is 2.38 bits per heavy atom. The third-order valence-corrected chi connectivity index (χ3v) is 7.88. The molecule has 0 saturated carbocycles. The molecule has 1 aromatic rings. The lowest BCUT2D eigenvalue weighted by Crippen LogP contribution is -2.47. The lowest BCUT2D eigenvalue weighted by Gasteiger charge is -2.41. The first-order valence-electron chi connectivity index (χ1n) is 10.6. The number of hydrogen-bond donors (Lipinski definition) is 1. The smallest absolute Gasteiger partial charge is 0.314 e. The molecule has 158 valence electrons. The van der Waals surface area contributed by atoms with Gasteiger partial charge in [-0.15, -0.1) is 0 Å². The molecule has 1 N–H and O–H groups in total. The third kappa shape index (κ3) is 4.86. The maximum absolute atomic E-state index is 13.0. The zero-order valence-electron chi connectivity index (χ0n) is 16.8. The standard InChI is InChI=1S/C21H30N4O3S/c26-19(27)15-29-25-10-3-17(4-11-25)20(28)23-12-5-21(6-13-23)7-14-24(16-21)18-1-8-22-9-2-18/h1-2,8-9,17H,3-7,10-16H2,(H,26,27). The topological polar surface area (TPSA) is 77.0 Å². The van der Waals surface area contributed by atoms with Crippen molar-refractivity contribution < 1.29 is 14.7 Å². The van der Waals surface area contributed by atoms with Crippen LogP contribution in [0.1, 0.15) is 32.1 Å². The lowest BCUT2D eigenvalue weighted by atomic mass is 9.77. The molecule has 0 aromatic carbocycles. The molecule has 1 amide bonds. The van der Waals surface area contributed by atoms with E-state index in [1.165, 1.54) is 24.1 Å². The highest BCUT2D eigenvalue weighted by atomic mass is 32.2. The quantitative estimate of drug-likeness (QED) is 0.736. The van der Waals surface area contributed by atoms with Crippen LogP contribution in [0, 0.1) is 11.3 Å². The van der Waals surface area contributed by atoms with E-state index in [4.69, 9.17) is 5.11 Å². The molecule has 4 heterocycles. The normalized spacial score (nSPS) is 22.9. The number of nitrogens with zero attached hydrogens (tertiary/aromatic N) is 4. The van der Waals surface area contributed by atoms with Crippen LogP contribution in [0.5, 0.6) is 0 Å². The number of likely N-dealkylation sites (tertiary alicyclic amines) is 1. The molecule has 3 fully saturated rings. The second kappa shape index (κ2) is 8.92. The number of hydrogen-bond acceptors (Lipinski definition) is 6. The molecule has 3 aliphatic heterocycles. The summed E-state index contributed by atoms with van der Waals surface area (Å²) in [5, 5.41) is 8.81. The van der Waals surface area contributed by atoms with Gasteiger partial charge in [0, 0.05) is 63.3 Å². The first kappa shape index (κ1) is 20.5. The van der Waals surface area contributed by atoms with Crippen LogP contribution in [0.15, 0.2) is 24.5 Å². The van der Waals surface area contributed by atoms with Gasteiger partial charge >= 0.3 is 5.97 Å². The highest BCUT2D eigenvalue weighted by molar-refractivity contribution is 7.97. The fourth-order valence-electron chi connectivity index (χ4n) is 4.96. The number of carbonyl (C=O) groups is 2. The van der Waals surface area contributed by atoms with Crippen molar-refractivity contribution in [1.29, 1.82) is 0 Å². The molecular weight excluding hydrogens is 388 g/mol. The molecule has 0 atom stereocenters. The Morgan fingerprint density at radius 1 is 1.07 bits per heavy atom. The highest BCUT2D eigenvalue weighted by Gasteiger charge is 2.42. The van der Waals surface area contributed by atoms with Gasteiger partial charge in [-0.1, -0.05) is 11.9 Å². The van der Waals surface area contributed by atoms with Crippen LogP contribution in [0.4, 0.5) is 5.69 Å². The number of carbonyl (C=O) groups excluding carboxylic acids is 1. The number of aromatic nitrogens is 1. The van der Waals surface area contributed by atoms with Gasteiger partial charge in [0.25, 0.3) is 0 Å². The van der Waals surface area contributed by atoms with Crippen molar-refractivity contribution >= 4 is 29.5 Å². The van der Waals surface area contributed by atoms with E-state index >= 15 is 0 Å².